The lowest BCUT2D eigenvalue weighted by atomic mass is 10.0. The van der Waals surface area contributed by atoms with Crippen LogP contribution >= 0.6 is 15.9 Å². The van der Waals surface area contributed by atoms with Crippen molar-refractivity contribution in [2.24, 2.45) is 4.99 Å². The lowest BCUT2D eigenvalue weighted by molar-refractivity contribution is 0.789. The molecular weight excluding hydrogens is 366 g/mol. The van der Waals surface area contributed by atoms with E-state index in [4.69, 9.17) is 4.99 Å². The Hall–Kier alpha value is -2.34. The SMILES string of the molecule is CCCc1nnc2n1-c1ccc(Br)cc1C(c1ccccn1)=NC2. The lowest BCUT2D eigenvalue weighted by Gasteiger charge is -2.13. The smallest absolute Gasteiger partial charge is 0.159 e. The molecule has 5 nitrogen and oxygen atoms in total. The molecule has 0 saturated carbocycles. The molecule has 120 valence electrons. The first kappa shape index (κ1) is 15.2. The summed E-state index contributed by atoms with van der Waals surface area (Å²) in [6, 6.07) is 12.1. The van der Waals surface area contributed by atoms with Gasteiger partial charge >= 0.3 is 0 Å². The van der Waals surface area contributed by atoms with Crippen molar-refractivity contribution in [3.8, 4) is 5.69 Å². The number of rotatable bonds is 3. The van der Waals surface area contributed by atoms with Crippen LogP contribution < -0.4 is 0 Å². The van der Waals surface area contributed by atoms with Crippen molar-refractivity contribution in [3.63, 3.8) is 0 Å². The molecular formula is C18H16BrN5. The molecule has 0 fully saturated rings. The van der Waals surface area contributed by atoms with E-state index >= 15 is 0 Å². The average molecular weight is 382 g/mol. The molecule has 0 aliphatic carbocycles. The van der Waals surface area contributed by atoms with E-state index in [0.717, 1.165) is 51.6 Å². The molecule has 2 aromatic heterocycles. The van der Waals surface area contributed by atoms with E-state index in [0.29, 0.717) is 6.54 Å². The summed E-state index contributed by atoms with van der Waals surface area (Å²) in [5, 5.41) is 8.72. The van der Waals surface area contributed by atoms with Crippen LogP contribution in [0.3, 0.4) is 0 Å². The third kappa shape index (κ3) is 2.57. The second-order valence-electron chi connectivity index (χ2n) is 5.66. The predicted molar refractivity (Wildman–Crippen MR) is 96.6 cm³/mol. The second-order valence-corrected chi connectivity index (χ2v) is 6.57. The van der Waals surface area contributed by atoms with Crippen LogP contribution in [0.15, 0.2) is 52.1 Å². The highest BCUT2D eigenvalue weighted by Crippen LogP contribution is 2.28. The van der Waals surface area contributed by atoms with E-state index in [-0.39, 0.29) is 0 Å². The second kappa shape index (κ2) is 6.28. The highest BCUT2D eigenvalue weighted by molar-refractivity contribution is 9.10. The molecule has 0 unspecified atom stereocenters. The van der Waals surface area contributed by atoms with E-state index in [1.807, 2.05) is 24.3 Å². The van der Waals surface area contributed by atoms with Gasteiger partial charge in [-0.3, -0.25) is 14.5 Å². The fourth-order valence-electron chi connectivity index (χ4n) is 2.97. The van der Waals surface area contributed by atoms with E-state index < -0.39 is 0 Å². The number of halogens is 1. The maximum atomic E-state index is 4.80. The summed E-state index contributed by atoms with van der Waals surface area (Å²) in [4.78, 5) is 9.29. The Morgan fingerprint density at radius 1 is 1.17 bits per heavy atom. The maximum Gasteiger partial charge on any atom is 0.159 e. The van der Waals surface area contributed by atoms with E-state index in [1.165, 1.54) is 0 Å². The molecule has 1 aliphatic rings. The number of aliphatic imine (C=N–C) groups is 1. The summed E-state index contributed by atoms with van der Waals surface area (Å²) in [6.45, 7) is 2.64. The van der Waals surface area contributed by atoms with Gasteiger partial charge in [0.15, 0.2) is 5.82 Å². The molecule has 0 atom stereocenters. The van der Waals surface area contributed by atoms with E-state index in [1.54, 1.807) is 6.20 Å². The molecule has 24 heavy (non-hydrogen) atoms. The number of benzene rings is 1. The van der Waals surface area contributed by atoms with Crippen LogP contribution in [0.5, 0.6) is 0 Å². The number of aryl methyl sites for hydroxylation is 1. The summed E-state index contributed by atoms with van der Waals surface area (Å²) in [6.07, 6.45) is 3.71. The fourth-order valence-corrected chi connectivity index (χ4v) is 3.33. The Bertz CT molecular complexity index is 914. The molecule has 0 bridgehead atoms. The summed E-state index contributed by atoms with van der Waals surface area (Å²) in [5.74, 6) is 1.85. The third-order valence-corrected chi connectivity index (χ3v) is 4.50. The quantitative estimate of drug-likeness (QED) is 0.694. The first-order valence-electron chi connectivity index (χ1n) is 7.97. The number of hydrogen-bond donors (Lipinski definition) is 0. The van der Waals surface area contributed by atoms with Gasteiger partial charge in [0.05, 0.1) is 17.1 Å². The fraction of sp³-hybridized carbons (Fsp3) is 0.222. The zero-order valence-corrected chi connectivity index (χ0v) is 14.9. The van der Waals surface area contributed by atoms with E-state index in [2.05, 4.69) is 54.7 Å². The predicted octanol–water partition coefficient (Wildman–Crippen LogP) is 3.73. The van der Waals surface area contributed by atoms with Crippen molar-refractivity contribution in [1.82, 2.24) is 19.7 Å². The standard InChI is InChI=1S/C18H16BrN5/c1-2-5-16-22-23-17-11-21-18(14-6-3-4-9-20-14)13-10-12(19)7-8-15(13)24(16)17/h3-4,6-10H,2,5,11H2,1H3. The molecule has 1 aromatic carbocycles. The Morgan fingerprint density at radius 3 is 2.88 bits per heavy atom. The van der Waals surface area contributed by atoms with Gasteiger partial charge in [-0.25, -0.2) is 0 Å². The van der Waals surface area contributed by atoms with Crippen molar-refractivity contribution in [1.29, 1.82) is 0 Å². The van der Waals surface area contributed by atoms with Gasteiger partial charge in [-0.05, 0) is 36.8 Å². The largest absolute Gasteiger partial charge is 0.281 e. The summed E-state index contributed by atoms with van der Waals surface area (Å²) < 4.78 is 3.16. The summed E-state index contributed by atoms with van der Waals surface area (Å²) in [7, 11) is 0. The van der Waals surface area contributed by atoms with Crippen molar-refractivity contribution in [2.45, 2.75) is 26.3 Å². The summed E-state index contributed by atoms with van der Waals surface area (Å²) >= 11 is 3.58. The topological polar surface area (TPSA) is 56.0 Å². The maximum absolute atomic E-state index is 4.80. The molecule has 0 N–H and O–H groups in total. The van der Waals surface area contributed by atoms with Gasteiger partial charge in [0.25, 0.3) is 0 Å². The van der Waals surface area contributed by atoms with Gasteiger partial charge in [-0.1, -0.05) is 28.9 Å². The Morgan fingerprint density at radius 2 is 2.08 bits per heavy atom. The van der Waals surface area contributed by atoms with Gasteiger partial charge in [0, 0.05) is 22.7 Å². The molecule has 4 rings (SSSR count). The van der Waals surface area contributed by atoms with Crippen LogP contribution in [0, 0.1) is 0 Å². The first-order chi connectivity index (χ1) is 11.8. The first-order valence-corrected chi connectivity index (χ1v) is 8.76. The van der Waals surface area contributed by atoms with Crippen molar-refractivity contribution in [3.05, 3.63) is 70.0 Å². The molecule has 0 spiro atoms. The average Bonchev–Trinajstić information content (AvgIpc) is 2.92. The van der Waals surface area contributed by atoms with Gasteiger partial charge in [0.2, 0.25) is 0 Å². The Balaban J connectivity index is 1.96. The van der Waals surface area contributed by atoms with Crippen molar-refractivity contribution in [2.75, 3.05) is 0 Å². The number of nitrogens with zero attached hydrogens (tertiary/aromatic N) is 5. The highest BCUT2D eigenvalue weighted by Gasteiger charge is 2.23. The Kier molecular flexibility index (Phi) is 3.98. The lowest BCUT2D eigenvalue weighted by Crippen LogP contribution is -2.10. The van der Waals surface area contributed by atoms with E-state index in [9.17, 15) is 0 Å². The minimum absolute atomic E-state index is 0.495. The van der Waals surface area contributed by atoms with Crippen LogP contribution in [-0.2, 0) is 13.0 Å². The number of aromatic nitrogens is 4. The van der Waals surface area contributed by atoms with Crippen LogP contribution in [0.4, 0.5) is 0 Å². The number of pyridine rings is 1. The molecule has 3 aromatic rings. The molecule has 0 radical (unpaired) electrons. The van der Waals surface area contributed by atoms with Gasteiger partial charge in [-0.2, -0.15) is 0 Å². The van der Waals surface area contributed by atoms with Crippen LogP contribution in [-0.4, -0.2) is 25.5 Å². The highest BCUT2D eigenvalue weighted by atomic mass is 79.9. The van der Waals surface area contributed by atoms with Gasteiger partial charge in [0.1, 0.15) is 12.4 Å². The molecule has 6 heteroatoms. The molecule has 1 aliphatic heterocycles. The Labute approximate surface area is 148 Å². The molecule has 3 heterocycles. The number of hydrogen-bond acceptors (Lipinski definition) is 4. The van der Waals surface area contributed by atoms with Gasteiger partial charge in [-0.15, -0.1) is 10.2 Å². The normalized spacial score (nSPS) is 13.0. The van der Waals surface area contributed by atoms with Crippen LogP contribution in [0.25, 0.3) is 5.69 Å². The minimum atomic E-state index is 0.495. The van der Waals surface area contributed by atoms with Gasteiger partial charge < -0.3 is 0 Å². The van der Waals surface area contributed by atoms with Crippen LogP contribution in [0.2, 0.25) is 0 Å². The molecule has 0 amide bonds. The summed E-state index contributed by atoms with van der Waals surface area (Å²) in [5.41, 5.74) is 3.86. The van der Waals surface area contributed by atoms with Crippen molar-refractivity contribution >= 4 is 21.6 Å². The zero-order chi connectivity index (χ0) is 16.5. The third-order valence-electron chi connectivity index (χ3n) is 4.01. The van der Waals surface area contributed by atoms with Crippen molar-refractivity contribution < 1.29 is 0 Å². The monoisotopic (exact) mass is 381 g/mol. The number of fused-ring (bicyclic) bond motifs is 3. The molecule has 0 saturated heterocycles. The van der Waals surface area contributed by atoms with Crippen LogP contribution in [0.1, 0.15) is 36.3 Å². The zero-order valence-electron chi connectivity index (χ0n) is 13.3. The minimum Gasteiger partial charge on any atom is -0.281 e.